The number of anilines is 1. The fourth-order valence-corrected chi connectivity index (χ4v) is 3.35. The maximum atomic E-state index is 12.2. The molecule has 2 rings (SSSR count). The van der Waals surface area contributed by atoms with Crippen LogP contribution in [0.4, 0.5) is 5.69 Å². The standard InChI is InChI=1S/C13H16Br2N2O2/c1-19-12-6-11(9(14)5-10(12)15)17-13(18)8-3-2-4-16-7-8/h5-6,8,16H,2-4,7H2,1H3,(H,17,18)/t8-/m1/s1. The zero-order chi connectivity index (χ0) is 13.8. The van der Waals surface area contributed by atoms with Crippen molar-refractivity contribution >= 4 is 43.5 Å². The molecule has 6 heteroatoms. The van der Waals surface area contributed by atoms with Crippen LogP contribution in [0.1, 0.15) is 12.8 Å². The Bertz CT molecular complexity index is 474. The van der Waals surface area contributed by atoms with E-state index in [9.17, 15) is 4.79 Å². The summed E-state index contributed by atoms with van der Waals surface area (Å²) in [6, 6.07) is 3.68. The minimum Gasteiger partial charge on any atom is -0.495 e. The minimum absolute atomic E-state index is 0.0373. The minimum atomic E-state index is 0.0373. The van der Waals surface area contributed by atoms with Crippen LogP contribution in [0.3, 0.4) is 0 Å². The molecule has 1 fully saturated rings. The average molecular weight is 392 g/mol. The number of halogens is 2. The van der Waals surface area contributed by atoms with E-state index in [2.05, 4.69) is 42.5 Å². The van der Waals surface area contributed by atoms with Gasteiger partial charge in [-0.15, -0.1) is 0 Å². The number of benzene rings is 1. The van der Waals surface area contributed by atoms with E-state index in [1.54, 1.807) is 7.11 Å². The van der Waals surface area contributed by atoms with Gasteiger partial charge in [-0.3, -0.25) is 4.79 Å². The van der Waals surface area contributed by atoms with E-state index in [4.69, 9.17) is 4.74 Å². The predicted molar refractivity (Wildman–Crippen MR) is 82.6 cm³/mol. The summed E-state index contributed by atoms with van der Waals surface area (Å²) in [5, 5.41) is 6.20. The van der Waals surface area contributed by atoms with E-state index in [1.165, 1.54) is 0 Å². The molecule has 0 aromatic heterocycles. The van der Waals surface area contributed by atoms with Gasteiger partial charge in [0.25, 0.3) is 0 Å². The molecule has 0 unspecified atom stereocenters. The molecule has 0 aliphatic carbocycles. The molecular formula is C13H16Br2N2O2. The summed E-state index contributed by atoms with van der Waals surface area (Å²) in [4.78, 5) is 12.2. The van der Waals surface area contributed by atoms with Crippen molar-refractivity contribution in [2.45, 2.75) is 12.8 Å². The van der Waals surface area contributed by atoms with Crippen LogP contribution in [0.2, 0.25) is 0 Å². The highest BCUT2D eigenvalue weighted by Gasteiger charge is 2.21. The molecule has 4 nitrogen and oxygen atoms in total. The fraction of sp³-hybridized carbons (Fsp3) is 0.462. The second-order valence-corrected chi connectivity index (χ2v) is 6.21. The molecule has 0 saturated carbocycles. The van der Waals surface area contributed by atoms with Gasteiger partial charge >= 0.3 is 0 Å². The van der Waals surface area contributed by atoms with E-state index in [1.807, 2.05) is 12.1 Å². The summed E-state index contributed by atoms with van der Waals surface area (Å²) >= 11 is 6.85. The molecular weight excluding hydrogens is 376 g/mol. The van der Waals surface area contributed by atoms with Crippen LogP contribution in [-0.2, 0) is 4.79 Å². The van der Waals surface area contributed by atoms with Crippen molar-refractivity contribution in [1.82, 2.24) is 5.32 Å². The Kier molecular flexibility index (Phi) is 5.24. The number of carbonyl (C=O) groups excluding carboxylic acids is 1. The van der Waals surface area contributed by atoms with Gasteiger partial charge in [-0.05, 0) is 57.3 Å². The van der Waals surface area contributed by atoms with Gasteiger partial charge in [-0.25, -0.2) is 0 Å². The first kappa shape index (κ1) is 14.8. The third kappa shape index (κ3) is 3.70. The molecule has 0 spiro atoms. The summed E-state index contributed by atoms with van der Waals surface area (Å²) in [5.74, 6) is 0.785. The highest BCUT2D eigenvalue weighted by molar-refractivity contribution is 9.11. The van der Waals surface area contributed by atoms with Crippen molar-refractivity contribution < 1.29 is 9.53 Å². The van der Waals surface area contributed by atoms with Crippen LogP contribution in [0.25, 0.3) is 0 Å². The van der Waals surface area contributed by atoms with Crippen molar-refractivity contribution in [3.63, 3.8) is 0 Å². The lowest BCUT2D eigenvalue weighted by atomic mass is 9.99. The first-order chi connectivity index (χ1) is 9.11. The number of amides is 1. The van der Waals surface area contributed by atoms with Gasteiger partial charge in [-0.2, -0.15) is 0 Å². The maximum absolute atomic E-state index is 12.2. The third-order valence-electron chi connectivity index (χ3n) is 3.17. The van der Waals surface area contributed by atoms with Crippen molar-refractivity contribution in [3.05, 3.63) is 21.1 Å². The van der Waals surface area contributed by atoms with Crippen molar-refractivity contribution in [2.75, 3.05) is 25.5 Å². The van der Waals surface area contributed by atoms with E-state index < -0.39 is 0 Å². The normalized spacial score (nSPS) is 19.0. The Labute approximate surface area is 129 Å². The molecule has 1 aliphatic rings. The molecule has 1 aromatic rings. The number of hydrogen-bond acceptors (Lipinski definition) is 3. The highest BCUT2D eigenvalue weighted by Crippen LogP contribution is 2.34. The van der Waals surface area contributed by atoms with Crippen LogP contribution >= 0.6 is 31.9 Å². The third-order valence-corrected chi connectivity index (χ3v) is 4.44. The molecule has 19 heavy (non-hydrogen) atoms. The first-order valence-corrected chi connectivity index (χ1v) is 7.75. The second kappa shape index (κ2) is 6.72. The molecule has 1 aliphatic heterocycles. The lowest BCUT2D eigenvalue weighted by Crippen LogP contribution is -2.37. The SMILES string of the molecule is COc1cc(NC(=O)[C@@H]2CCCNC2)c(Br)cc1Br. The zero-order valence-corrected chi connectivity index (χ0v) is 13.8. The molecule has 104 valence electrons. The van der Waals surface area contributed by atoms with Gasteiger partial charge in [0.05, 0.1) is 23.2 Å². The molecule has 1 saturated heterocycles. The average Bonchev–Trinajstić information content (AvgIpc) is 2.42. The summed E-state index contributed by atoms with van der Waals surface area (Å²) in [6.45, 7) is 1.75. The summed E-state index contributed by atoms with van der Waals surface area (Å²) in [6.07, 6.45) is 1.98. The Morgan fingerprint density at radius 3 is 2.84 bits per heavy atom. The van der Waals surface area contributed by atoms with Gasteiger partial charge in [-0.1, -0.05) is 0 Å². The predicted octanol–water partition coefficient (Wildman–Crippen LogP) is 3.16. The van der Waals surface area contributed by atoms with Gasteiger partial charge < -0.3 is 15.4 Å². The molecule has 1 heterocycles. The monoisotopic (exact) mass is 390 g/mol. The number of methoxy groups -OCH3 is 1. The fourth-order valence-electron chi connectivity index (χ4n) is 2.09. The quantitative estimate of drug-likeness (QED) is 0.831. The molecule has 1 amide bonds. The molecule has 1 atom stereocenters. The summed E-state index contributed by atoms with van der Waals surface area (Å²) in [5.41, 5.74) is 0.732. The maximum Gasteiger partial charge on any atom is 0.228 e. The topological polar surface area (TPSA) is 50.4 Å². The summed E-state index contributed by atoms with van der Waals surface area (Å²) < 4.78 is 6.91. The van der Waals surface area contributed by atoms with E-state index >= 15 is 0 Å². The molecule has 1 aromatic carbocycles. The van der Waals surface area contributed by atoms with E-state index in [-0.39, 0.29) is 11.8 Å². The van der Waals surface area contributed by atoms with E-state index in [0.29, 0.717) is 5.75 Å². The lowest BCUT2D eigenvalue weighted by Gasteiger charge is -2.22. The Morgan fingerprint density at radius 1 is 1.42 bits per heavy atom. The molecule has 2 N–H and O–H groups in total. The van der Waals surface area contributed by atoms with Crippen LogP contribution in [-0.4, -0.2) is 26.1 Å². The largest absolute Gasteiger partial charge is 0.495 e. The van der Waals surface area contributed by atoms with Gasteiger partial charge in [0, 0.05) is 17.1 Å². The van der Waals surface area contributed by atoms with Crippen molar-refractivity contribution in [3.8, 4) is 5.75 Å². The number of rotatable bonds is 3. The van der Waals surface area contributed by atoms with Gasteiger partial charge in [0.2, 0.25) is 5.91 Å². The van der Waals surface area contributed by atoms with Crippen molar-refractivity contribution in [2.24, 2.45) is 5.92 Å². The highest BCUT2D eigenvalue weighted by atomic mass is 79.9. The number of piperidine rings is 1. The first-order valence-electron chi connectivity index (χ1n) is 6.16. The van der Waals surface area contributed by atoms with E-state index in [0.717, 1.165) is 40.6 Å². The lowest BCUT2D eigenvalue weighted by molar-refractivity contribution is -0.120. The second-order valence-electron chi connectivity index (χ2n) is 4.50. The van der Waals surface area contributed by atoms with Crippen LogP contribution in [0, 0.1) is 5.92 Å². The Morgan fingerprint density at radius 2 is 2.21 bits per heavy atom. The number of carbonyl (C=O) groups is 1. The van der Waals surface area contributed by atoms with Crippen molar-refractivity contribution in [1.29, 1.82) is 0 Å². The smallest absolute Gasteiger partial charge is 0.228 e. The molecule has 0 bridgehead atoms. The van der Waals surface area contributed by atoms with Gasteiger partial charge in [0.15, 0.2) is 0 Å². The van der Waals surface area contributed by atoms with Crippen LogP contribution in [0.5, 0.6) is 5.75 Å². The number of hydrogen-bond donors (Lipinski definition) is 2. The zero-order valence-electron chi connectivity index (χ0n) is 10.6. The van der Waals surface area contributed by atoms with Crippen LogP contribution in [0.15, 0.2) is 21.1 Å². The number of ether oxygens (including phenoxy) is 1. The molecule has 0 radical (unpaired) electrons. The Balaban J connectivity index is 2.11. The summed E-state index contributed by atoms with van der Waals surface area (Å²) in [7, 11) is 1.60. The number of nitrogens with one attached hydrogen (secondary N) is 2. The van der Waals surface area contributed by atoms with Gasteiger partial charge in [0.1, 0.15) is 5.75 Å². The Hall–Kier alpha value is -0.590. The van der Waals surface area contributed by atoms with Crippen LogP contribution < -0.4 is 15.4 Å².